The van der Waals surface area contributed by atoms with Gasteiger partial charge in [0.05, 0.1) is 10.8 Å². The summed E-state index contributed by atoms with van der Waals surface area (Å²) in [5.41, 5.74) is 2.03. The van der Waals surface area contributed by atoms with Gasteiger partial charge >= 0.3 is 0 Å². The number of benzene rings is 1. The van der Waals surface area contributed by atoms with Crippen LogP contribution in [0.2, 0.25) is 0 Å². The van der Waals surface area contributed by atoms with E-state index in [0.717, 1.165) is 30.5 Å². The lowest BCUT2D eigenvalue weighted by atomic mass is 9.93. The molecule has 31 heavy (non-hydrogen) atoms. The predicted molar refractivity (Wildman–Crippen MR) is 115 cm³/mol. The summed E-state index contributed by atoms with van der Waals surface area (Å²) >= 11 is 0. The van der Waals surface area contributed by atoms with Crippen LogP contribution in [0.1, 0.15) is 54.4 Å². The average Bonchev–Trinajstić information content (AvgIpc) is 3.21. The Balaban J connectivity index is 1.37. The van der Waals surface area contributed by atoms with Crippen molar-refractivity contribution in [2.24, 2.45) is 5.92 Å². The number of aromatic nitrogens is 2. The Morgan fingerprint density at radius 2 is 1.81 bits per heavy atom. The van der Waals surface area contributed by atoms with E-state index < -0.39 is 10.0 Å². The summed E-state index contributed by atoms with van der Waals surface area (Å²) < 4.78 is 32.9. The van der Waals surface area contributed by atoms with Gasteiger partial charge in [-0.15, -0.1) is 0 Å². The van der Waals surface area contributed by atoms with Crippen LogP contribution in [0.4, 0.5) is 0 Å². The van der Waals surface area contributed by atoms with Gasteiger partial charge in [-0.25, -0.2) is 8.42 Å². The number of nitrogens with zero attached hydrogens (tertiary/aromatic N) is 4. The molecule has 0 bridgehead atoms. The van der Waals surface area contributed by atoms with Crippen molar-refractivity contribution in [1.82, 2.24) is 19.3 Å². The molecular weight excluding hydrogens is 416 g/mol. The van der Waals surface area contributed by atoms with Crippen molar-refractivity contribution < 1.29 is 17.7 Å². The third kappa shape index (κ3) is 4.52. The molecule has 1 unspecified atom stereocenters. The fourth-order valence-corrected chi connectivity index (χ4v) is 6.04. The molecule has 1 amide bonds. The van der Waals surface area contributed by atoms with Crippen LogP contribution in [0.25, 0.3) is 0 Å². The zero-order chi connectivity index (χ0) is 22.2. The number of rotatable bonds is 4. The van der Waals surface area contributed by atoms with E-state index in [4.69, 9.17) is 4.52 Å². The van der Waals surface area contributed by atoms with Crippen molar-refractivity contribution in [1.29, 1.82) is 0 Å². The van der Waals surface area contributed by atoms with Crippen LogP contribution < -0.4 is 0 Å². The van der Waals surface area contributed by atoms with Crippen molar-refractivity contribution >= 4 is 15.9 Å². The Kier molecular flexibility index (Phi) is 6.16. The van der Waals surface area contributed by atoms with Crippen LogP contribution in [0.15, 0.2) is 27.6 Å². The highest BCUT2D eigenvalue weighted by Crippen LogP contribution is 2.30. The number of amides is 1. The van der Waals surface area contributed by atoms with E-state index in [-0.39, 0.29) is 17.7 Å². The van der Waals surface area contributed by atoms with Crippen LogP contribution in [-0.4, -0.2) is 59.8 Å². The first-order valence-electron chi connectivity index (χ1n) is 10.9. The van der Waals surface area contributed by atoms with Gasteiger partial charge in [0.25, 0.3) is 0 Å². The highest BCUT2D eigenvalue weighted by molar-refractivity contribution is 7.89. The van der Waals surface area contributed by atoms with Crippen molar-refractivity contribution in [3.8, 4) is 0 Å². The van der Waals surface area contributed by atoms with E-state index >= 15 is 0 Å². The van der Waals surface area contributed by atoms with Crippen molar-refractivity contribution in [2.75, 3.05) is 26.2 Å². The van der Waals surface area contributed by atoms with E-state index in [2.05, 4.69) is 10.1 Å². The molecular formula is C22H30N4O4S. The van der Waals surface area contributed by atoms with Crippen molar-refractivity contribution in [2.45, 2.75) is 57.3 Å². The number of carbonyl (C=O) groups is 1. The summed E-state index contributed by atoms with van der Waals surface area (Å²) in [4.78, 5) is 19.7. The van der Waals surface area contributed by atoms with Gasteiger partial charge in [0.15, 0.2) is 5.82 Å². The Morgan fingerprint density at radius 1 is 1.06 bits per heavy atom. The second-order valence-electron chi connectivity index (χ2n) is 8.73. The predicted octanol–water partition coefficient (Wildman–Crippen LogP) is 2.80. The van der Waals surface area contributed by atoms with Gasteiger partial charge in [-0.1, -0.05) is 11.2 Å². The largest absolute Gasteiger partial charge is 0.342 e. The zero-order valence-electron chi connectivity index (χ0n) is 18.4. The maximum absolute atomic E-state index is 13.1. The molecule has 0 N–H and O–H groups in total. The molecule has 2 saturated heterocycles. The molecule has 0 radical (unpaired) electrons. The molecule has 2 aromatic rings. The molecule has 4 rings (SSSR count). The number of hydrogen-bond acceptors (Lipinski definition) is 6. The van der Waals surface area contributed by atoms with Crippen LogP contribution in [0, 0.1) is 26.7 Å². The standard InChI is InChI=1S/C22H30N4O4S/c1-15-6-7-20(13-16(15)2)31(28,29)26-11-8-18(9-12-26)22(27)25-10-4-5-19(14-25)21-23-17(3)24-30-21/h6-7,13,18-19H,4-5,8-12,14H2,1-3H3. The average molecular weight is 447 g/mol. The van der Waals surface area contributed by atoms with Gasteiger partial charge in [-0.3, -0.25) is 4.79 Å². The van der Waals surface area contributed by atoms with Gasteiger partial charge in [-0.05, 0) is 69.7 Å². The minimum atomic E-state index is -3.54. The second-order valence-corrected chi connectivity index (χ2v) is 10.7. The molecule has 1 atom stereocenters. The van der Waals surface area contributed by atoms with Crippen LogP contribution in [0.5, 0.6) is 0 Å². The summed E-state index contributed by atoms with van der Waals surface area (Å²) in [5, 5.41) is 3.87. The van der Waals surface area contributed by atoms with Gasteiger partial charge in [0.1, 0.15) is 0 Å². The summed E-state index contributed by atoms with van der Waals surface area (Å²) in [7, 11) is -3.54. The van der Waals surface area contributed by atoms with E-state index in [0.29, 0.717) is 49.1 Å². The molecule has 168 valence electrons. The first-order valence-corrected chi connectivity index (χ1v) is 12.4. The third-order valence-electron chi connectivity index (χ3n) is 6.54. The first-order chi connectivity index (χ1) is 14.8. The molecule has 0 saturated carbocycles. The van der Waals surface area contributed by atoms with Gasteiger partial charge < -0.3 is 9.42 Å². The molecule has 8 nitrogen and oxygen atoms in total. The lowest BCUT2D eigenvalue weighted by Crippen LogP contribution is -2.46. The topological polar surface area (TPSA) is 96.6 Å². The molecule has 1 aromatic carbocycles. The van der Waals surface area contributed by atoms with E-state index in [9.17, 15) is 13.2 Å². The molecule has 0 spiro atoms. The van der Waals surface area contributed by atoms with Gasteiger partial charge in [-0.2, -0.15) is 9.29 Å². The number of likely N-dealkylation sites (tertiary alicyclic amines) is 1. The molecule has 0 aliphatic carbocycles. The smallest absolute Gasteiger partial charge is 0.243 e. The quantitative estimate of drug-likeness (QED) is 0.716. The number of piperidine rings is 2. The van der Waals surface area contributed by atoms with E-state index in [1.54, 1.807) is 19.1 Å². The third-order valence-corrected chi connectivity index (χ3v) is 8.44. The summed E-state index contributed by atoms with van der Waals surface area (Å²) in [6, 6.07) is 5.24. The monoisotopic (exact) mass is 446 g/mol. The van der Waals surface area contributed by atoms with Gasteiger partial charge in [0, 0.05) is 32.1 Å². The van der Waals surface area contributed by atoms with Crippen molar-refractivity contribution in [3.63, 3.8) is 0 Å². The lowest BCUT2D eigenvalue weighted by Gasteiger charge is -2.36. The minimum Gasteiger partial charge on any atom is -0.342 e. The van der Waals surface area contributed by atoms with E-state index in [1.807, 2.05) is 24.8 Å². The Morgan fingerprint density at radius 3 is 2.45 bits per heavy atom. The zero-order valence-corrected chi connectivity index (χ0v) is 19.2. The fraction of sp³-hybridized carbons (Fsp3) is 0.591. The summed E-state index contributed by atoms with van der Waals surface area (Å²) in [6.07, 6.45) is 2.92. The SMILES string of the molecule is Cc1noc(C2CCCN(C(=O)C3CCN(S(=O)(=O)c4ccc(C)c(C)c4)CC3)C2)n1. The normalized spacial score (nSPS) is 21.4. The summed E-state index contributed by atoms with van der Waals surface area (Å²) in [5.74, 6) is 1.25. The highest BCUT2D eigenvalue weighted by atomic mass is 32.2. The Bertz CT molecular complexity index is 1060. The molecule has 2 aliphatic heterocycles. The lowest BCUT2D eigenvalue weighted by molar-refractivity contribution is -0.138. The van der Waals surface area contributed by atoms with E-state index in [1.165, 1.54) is 4.31 Å². The number of hydrogen-bond donors (Lipinski definition) is 0. The Labute approximate surface area is 183 Å². The molecule has 2 fully saturated rings. The second kappa shape index (κ2) is 8.70. The first kappa shape index (κ1) is 22.0. The van der Waals surface area contributed by atoms with Crippen LogP contribution in [0.3, 0.4) is 0 Å². The van der Waals surface area contributed by atoms with Crippen LogP contribution >= 0.6 is 0 Å². The molecule has 9 heteroatoms. The maximum Gasteiger partial charge on any atom is 0.243 e. The van der Waals surface area contributed by atoms with Crippen molar-refractivity contribution in [3.05, 3.63) is 41.0 Å². The minimum absolute atomic E-state index is 0.0733. The Hall–Kier alpha value is -2.26. The molecule has 3 heterocycles. The van der Waals surface area contributed by atoms with Crippen LogP contribution in [-0.2, 0) is 14.8 Å². The van der Waals surface area contributed by atoms with Gasteiger partial charge in [0.2, 0.25) is 21.8 Å². The molecule has 1 aromatic heterocycles. The number of aryl methyl sites for hydroxylation is 3. The molecule has 2 aliphatic rings. The fourth-order valence-electron chi connectivity index (χ4n) is 4.48. The highest BCUT2D eigenvalue weighted by Gasteiger charge is 2.36. The number of carbonyl (C=O) groups excluding carboxylic acids is 1. The summed E-state index contributed by atoms with van der Waals surface area (Å²) in [6.45, 7) is 7.72. The number of sulfonamides is 1. The maximum atomic E-state index is 13.1.